The summed E-state index contributed by atoms with van der Waals surface area (Å²) < 4.78 is 0. The quantitative estimate of drug-likeness (QED) is 0.843. The van der Waals surface area contributed by atoms with Crippen molar-refractivity contribution in [3.05, 3.63) is 59.8 Å². The van der Waals surface area contributed by atoms with Crippen molar-refractivity contribution in [1.82, 2.24) is 4.98 Å². The molecular formula is C15H16N2. The third-order valence-electron chi connectivity index (χ3n) is 3.36. The van der Waals surface area contributed by atoms with E-state index in [0.29, 0.717) is 6.04 Å². The Balaban J connectivity index is 1.86. The van der Waals surface area contributed by atoms with Crippen molar-refractivity contribution in [3.63, 3.8) is 0 Å². The van der Waals surface area contributed by atoms with Crippen LogP contribution in [0.5, 0.6) is 0 Å². The second-order valence-corrected chi connectivity index (χ2v) is 4.50. The van der Waals surface area contributed by atoms with Gasteiger partial charge in [0, 0.05) is 6.20 Å². The molecule has 0 saturated heterocycles. The van der Waals surface area contributed by atoms with Crippen LogP contribution in [0, 0.1) is 0 Å². The van der Waals surface area contributed by atoms with Gasteiger partial charge in [-0.1, -0.05) is 30.3 Å². The third kappa shape index (κ3) is 2.16. The van der Waals surface area contributed by atoms with Gasteiger partial charge in [-0.25, -0.2) is 4.98 Å². The molecule has 1 heterocycles. The second kappa shape index (κ2) is 4.58. The van der Waals surface area contributed by atoms with Crippen LogP contribution in [0.4, 0.5) is 5.82 Å². The Hall–Kier alpha value is -1.83. The van der Waals surface area contributed by atoms with E-state index in [2.05, 4.69) is 34.6 Å². The Morgan fingerprint density at radius 1 is 1.06 bits per heavy atom. The smallest absolute Gasteiger partial charge is 0.126 e. The number of rotatable bonds is 2. The predicted molar refractivity (Wildman–Crippen MR) is 70.0 cm³/mol. The molecule has 1 atom stereocenters. The van der Waals surface area contributed by atoms with E-state index in [0.717, 1.165) is 5.82 Å². The Morgan fingerprint density at radius 2 is 1.94 bits per heavy atom. The molecule has 86 valence electrons. The molecule has 1 aliphatic carbocycles. The highest BCUT2D eigenvalue weighted by molar-refractivity contribution is 5.41. The molecule has 0 spiro atoms. The fraction of sp³-hybridized carbons (Fsp3) is 0.267. The van der Waals surface area contributed by atoms with E-state index < -0.39 is 0 Å². The minimum absolute atomic E-state index is 0.412. The van der Waals surface area contributed by atoms with E-state index >= 15 is 0 Å². The molecule has 0 radical (unpaired) electrons. The molecule has 0 unspecified atom stereocenters. The number of benzene rings is 1. The van der Waals surface area contributed by atoms with Crippen molar-refractivity contribution >= 4 is 5.82 Å². The standard InChI is InChI=1S/C15H16N2/c1-2-8-13-12(6-1)7-5-9-14(13)17-15-10-3-4-11-16-15/h1-4,6,8,10-11,14H,5,7,9H2,(H,16,17)/t14-/m0/s1. The van der Waals surface area contributed by atoms with Crippen molar-refractivity contribution in [2.45, 2.75) is 25.3 Å². The highest BCUT2D eigenvalue weighted by atomic mass is 15.0. The lowest BCUT2D eigenvalue weighted by atomic mass is 9.88. The average molecular weight is 224 g/mol. The van der Waals surface area contributed by atoms with E-state index in [-0.39, 0.29) is 0 Å². The van der Waals surface area contributed by atoms with E-state index in [4.69, 9.17) is 0 Å². The van der Waals surface area contributed by atoms with E-state index in [1.165, 1.54) is 30.4 Å². The highest BCUT2D eigenvalue weighted by Crippen LogP contribution is 2.31. The fourth-order valence-corrected chi connectivity index (χ4v) is 2.53. The normalized spacial score (nSPS) is 18.5. The summed E-state index contributed by atoms with van der Waals surface area (Å²) in [5, 5.41) is 3.53. The number of pyridine rings is 1. The summed E-state index contributed by atoms with van der Waals surface area (Å²) in [6.45, 7) is 0. The maximum atomic E-state index is 4.33. The lowest BCUT2D eigenvalue weighted by Crippen LogP contribution is -2.17. The molecule has 3 rings (SSSR count). The third-order valence-corrected chi connectivity index (χ3v) is 3.36. The highest BCUT2D eigenvalue weighted by Gasteiger charge is 2.19. The first-order chi connectivity index (χ1) is 8.43. The zero-order valence-corrected chi connectivity index (χ0v) is 9.76. The van der Waals surface area contributed by atoms with Gasteiger partial charge in [-0.05, 0) is 42.5 Å². The van der Waals surface area contributed by atoms with Crippen LogP contribution >= 0.6 is 0 Å². The summed E-state index contributed by atoms with van der Waals surface area (Å²) in [4.78, 5) is 4.33. The Bertz CT molecular complexity index is 493. The summed E-state index contributed by atoms with van der Waals surface area (Å²) in [6.07, 6.45) is 5.47. The molecule has 0 fully saturated rings. The maximum absolute atomic E-state index is 4.33. The van der Waals surface area contributed by atoms with Crippen LogP contribution in [0.3, 0.4) is 0 Å². The molecule has 17 heavy (non-hydrogen) atoms. The van der Waals surface area contributed by atoms with Gasteiger partial charge in [0.2, 0.25) is 0 Å². The van der Waals surface area contributed by atoms with Gasteiger partial charge in [0.05, 0.1) is 6.04 Å². The number of aryl methyl sites for hydroxylation is 1. The number of nitrogens with zero attached hydrogens (tertiary/aromatic N) is 1. The number of fused-ring (bicyclic) bond motifs is 1. The molecule has 0 aliphatic heterocycles. The van der Waals surface area contributed by atoms with Gasteiger partial charge in [0.1, 0.15) is 5.82 Å². The summed E-state index contributed by atoms with van der Waals surface area (Å²) in [5.41, 5.74) is 2.91. The van der Waals surface area contributed by atoms with Crippen molar-refractivity contribution in [3.8, 4) is 0 Å². The SMILES string of the molecule is c1ccc(N[C@H]2CCCc3ccccc32)nc1. The molecule has 2 aromatic rings. The predicted octanol–water partition coefficient (Wildman–Crippen LogP) is 3.57. The fourth-order valence-electron chi connectivity index (χ4n) is 2.53. The molecule has 0 amide bonds. The summed E-state index contributed by atoms with van der Waals surface area (Å²) >= 11 is 0. The summed E-state index contributed by atoms with van der Waals surface area (Å²) in [5.74, 6) is 0.967. The van der Waals surface area contributed by atoms with Crippen molar-refractivity contribution in [2.24, 2.45) is 0 Å². The minimum atomic E-state index is 0.412. The van der Waals surface area contributed by atoms with E-state index in [1.807, 2.05) is 24.4 Å². The lowest BCUT2D eigenvalue weighted by molar-refractivity contribution is 0.598. The van der Waals surface area contributed by atoms with Crippen molar-refractivity contribution < 1.29 is 0 Å². The van der Waals surface area contributed by atoms with Gasteiger partial charge in [-0.3, -0.25) is 0 Å². The topological polar surface area (TPSA) is 24.9 Å². The number of aromatic nitrogens is 1. The summed E-state index contributed by atoms with van der Waals surface area (Å²) in [7, 11) is 0. The molecule has 0 saturated carbocycles. The van der Waals surface area contributed by atoms with Gasteiger partial charge in [0.15, 0.2) is 0 Å². The molecule has 2 nitrogen and oxygen atoms in total. The van der Waals surface area contributed by atoms with Gasteiger partial charge in [-0.15, -0.1) is 0 Å². The Labute approximate surface area is 102 Å². The molecule has 1 aromatic heterocycles. The van der Waals surface area contributed by atoms with Crippen LogP contribution in [0.25, 0.3) is 0 Å². The lowest BCUT2D eigenvalue weighted by Gasteiger charge is -2.26. The van der Waals surface area contributed by atoms with Crippen LogP contribution in [-0.4, -0.2) is 4.98 Å². The zero-order chi connectivity index (χ0) is 11.5. The largest absolute Gasteiger partial charge is 0.363 e. The molecule has 0 bridgehead atoms. The van der Waals surface area contributed by atoms with Crippen molar-refractivity contribution in [1.29, 1.82) is 0 Å². The first-order valence-corrected chi connectivity index (χ1v) is 6.19. The average Bonchev–Trinajstić information content (AvgIpc) is 2.40. The Kier molecular flexibility index (Phi) is 2.78. The van der Waals surface area contributed by atoms with Gasteiger partial charge < -0.3 is 5.32 Å². The number of nitrogens with one attached hydrogen (secondary N) is 1. The first-order valence-electron chi connectivity index (χ1n) is 6.19. The minimum Gasteiger partial charge on any atom is -0.363 e. The van der Waals surface area contributed by atoms with Crippen LogP contribution < -0.4 is 5.32 Å². The first kappa shape index (κ1) is 10.3. The van der Waals surface area contributed by atoms with Crippen LogP contribution in [-0.2, 0) is 6.42 Å². The van der Waals surface area contributed by atoms with E-state index in [9.17, 15) is 0 Å². The molecule has 1 aliphatic rings. The molecule has 1 N–H and O–H groups in total. The Morgan fingerprint density at radius 3 is 2.82 bits per heavy atom. The summed E-state index contributed by atoms with van der Waals surface area (Å²) in [6, 6.07) is 15.1. The van der Waals surface area contributed by atoms with E-state index in [1.54, 1.807) is 0 Å². The molecule has 2 heteroatoms. The maximum Gasteiger partial charge on any atom is 0.126 e. The van der Waals surface area contributed by atoms with Crippen LogP contribution in [0.15, 0.2) is 48.7 Å². The van der Waals surface area contributed by atoms with Crippen molar-refractivity contribution in [2.75, 3.05) is 5.32 Å². The second-order valence-electron chi connectivity index (χ2n) is 4.50. The zero-order valence-electron chi connectivity index (χ0n) is 9.76. The van der Waals surface area contributed by atoms with Gasteiger partial charge in [0.25, 0.3) is 0 Å². The number of hydrogen-bond donors (Lipinski definition) is 1. The number of hydrogen-bond acceptors (Lipinski definition) is 2. The number of anilines is 1. The molecule has 1 aromatic carbocycles. The monoisotopic (exact) mass is 224 g/mol. The van der Waals surface area contributed by atoms with Gasteiger partial charge >= 0.3 is 0 Å². The molecular weight excluding hydrogens is 208 g/mol. The van der Waals surface area contributed by atoms with Crippen LogP contribution in [0.2, 0.25) is 0 Å². The van der Waals surface area contributed by atoms with Gasteiger partial charge in [-0.2, -0.15) is 0 Å². The van der Waals surface area contributed by atoms with Crippen LogP contribution in [0.1, 0.15) is 30.0 Å².